The number of carboxylic acids is 1. The fourth-order valence-electron chi connectivity index (χ4n) is 2.13. The minimum absolute atomic E-state index is 0.0168. The molecule has 1 amide bonds. The third-order valence-corrected chi connectivity index (χ3v) is 3.24. The van der Waals surface area contributed by atoms with E-state index in [1.165, 1.54) is 6.92 Å². The van der Waals surface area contributed by atoms with Gasteiger partial charge in [0.1, 0.15) is 11.6 Å². The van der Waals surface area contributed by atoms with Gasteiger partial charge in [-0.05, 0) is 20.8 Å². The smallest absolute Gasteiger partial charge is 0.326 e. The lowest BCUT2D eigenvalue weighted by atomic mass is 9.96. The van der Waals surface area contributed by atoms with Crippen LogP contribution in [-0.2, 0) is 9.59 Å². The molecule has 0 saturated carbocycles. The first-order chi connectivity index (χ1) is 9.15. The largest absolute Gasteiger partial charge is 0.480 e. The van der Waals surface area contributed by atoms with Crippen molar-refractivity contribution in [3.8, 4) is 0 Å². The van der Waals surface area contributed by atoms with Crippen LogP contribution in [0.2, 0.25) is 0 Å². The highest BCUT2D eigenvalue weighted by Gasteiger charge is 2.42. The predicted octanol–water partition coefficient (Wildman–Crippen LogP) is 1.97. The van der Waals surface area contributed by atoms with Crippen LogP contribution in [0.5, 0.6) is 0 Å². The van der Waals surface area contributed by atoms with Crippen molar-refractivity contribution in [1.82, 2.24) is 0 Å². The van der Waals surface area contributed by atoms with Crippen molar-refractivity contribution < 1.29 is 23.5 Å². The van der Waals surface area contributed by atoms with E-state index in [0.717, 1.165) is 17.0 Å². The van der Waals surface area contributed by atoms with Gasteiger partial charge < -0.3 is 10.4 Å². The Balaban J connectivity index is 2.65. The van der Waals surface area contributed by atoms with Crippen molar-refractivity contribution in [1.29, 1.82) is 0 Å². The van der Waals surface area contributed by atoms with E-state index < -0.39 is 35.1 Å². The van der Waals surface area contributed by atoms with Gasteiger partial charge in [-0.2, -0.15) is 0 Å². The lowest BCUT2D eigenvalue weighted by Gasteiger charge is -2.41. The first-order valence-corrected chi connectivity index (χ1v) is 5.99. The Morgan fingerprint density at radius 1 is 1.35 bits per heavy atom. The van der Waals surface area contributed by atoms with Gasteiger partial charge in [-0.15, -0.1) is 0 Å². The van der Waals surface area contributed by atoms with Crippen LogP contribution in [0.3, 0.4) is 0 Å². The number of nitrogens with zero attached hydrogens (tertiary/aromatic N) is 1. The zero-order valence-electron chi connectivity index (χ0n) is 11.2. The van der Waals surface area contributed by atoms with Crippen molar-refractivity contribution in [2.24, 2.45) is 0 Å². The highest BCUT2D eigenvalue weighted by molar-refractivity contribution is 6.10. The van der Waals surface area contributed by atoms with E-state index in [0.29, 0.717) is 0 Å². The van der Waals surface area contributed by atoms with Gasteiger partial charge in [0.15, 0.2) is 11.6 Å². The van der Waals surface area contributed by atoms with Crippen molar-refractivity contribution >= 4 is 23.3 Å². The van der Waals surface area contributed by atoms with Crippen molar-refractivity contribution in [2.45, 2.75) is 32.4 Å². The van der Waals surface area contributed by atoms with Crippen LogP contribution in [0.4, 0.5) is 20.2 Å². The molecule has 0 radical (unpaired) electrons. The number of amides is 1. The van der Waals surface area contributed by atoms with Crippen LogP contribution in [0.25, 0.3) is 0 Å². The zero-order chi connectivity index (χ0) is 15.2. The van der Waals surface area contributed by atoms with Gasteiger partial charge in [-0.25, -0.2) is 13.6 Å². The van der Waals surface area contributed by atoms with Crippen LogP contribution in [0.1, 0.15) is 20.8 Å². The molecule has 1 atom stereocenters. The molecule has 2 N–H and O–H groups in total. The van der Waals surface area contributed by atoms with E-state index in [4.69, 9.17) is 5.11 Å². The molecular weight excluding hydrogens is 270 g/mol. The van der Waals surface area contributed by atoms with Crippen LogP contribution >= 0.6 is 0 Å². The molecule has 0 spiro atoms. The molecule has 0 bridgehead atoms. The molecule has 1 unspecified atom stereocenters. The molecular formula is C13H14F2N2O3. The molecule has 20 heavy (non-hydrogen) atoms. The number of carbonyl (C=O) groups excluding carboxylic acids is 1. The van der Waals surface area contributed by atoms with Gasteiger partial charge in [-0.3, -0.25) is 9.69 Å². The summed E-state index contributed by atoms with van der Waals surface area (Å²) in [5, 5.41) is 11.9. The standard InChI is InChI=1S/C13H14F2N2O3/c1-6(11(18)19)17-10-5-8(15)7(14)4-9(10)16-13(2,3)12(17)20/h4-6,16H,1-3H3,(H,18,19). The number of rotatable bonds is 2. The fraction of sp³-hybridized carbons (Fsp3) is 0.385. The van der Waals surface area contributed by atoms with Crippen molar-refractivity contribution in [3.05, 3.63) is 23.8 Å². The summed E-state index contributed by atoms with van der Waals surface area (Å²) < 4.78 is 26.7. The number of fused-ring (bicyclic) bond motifs is 1. The summed E-state index contributed by atoms with van der Waals surface area (Å²) in [5.74, 6) is -3.96. The van der Waals surface area contributed by atoms with Crippen molar-refractivity contribution in [3.63, 3.8) is 0 Å². The predicted molar refractivity (Wildman–Crippen MR) is 68.6 cm³/mol. The van der Waals surface area contributed by atoms with E-state index >= 15 is 0 Å². The van der Waals surface area contributed by atoms with Gasteiger partial charge in [0.05, 0.1) is 11.4 Å². The molecule has 2 rings (SSSR count). The highest BCUT2D eigenvalue weighted by atomic mass is 19.2. The summed E-state index contributed by atoms with van der Waals surface area (Å²) in [4.78, 5) is 24.4. The van der Waals surface area contributed by atoms with Gasteiger partial charge in [0.25, 0.3) is 5.91 Å². The first kappa shape index (κ1) is 14.2. The van der Waals surface area contributed by atoms with E-state index in [1.807, 2.05) is 0 Å². The Kier molecular flexibility index (Phi) is 3.15. The maximum atomic E-state index is 13.4. The maximum Gasteiger partial charge on any atom is 0.326 e. The molecule has 0 aromatic heterocycles. The number of benzene rings is 1. The third kappa shape index (κ3) is 2.09. The van der Waals surface area contributed by atoms with Crippen LogP contribution in [0, 0.1) is 11.6 Å². The van der Waals surface area contributed by atoms with Crippen LogP contribution < -0.4 is 10.2 Å². The Hall–Kier alpha value is -2.18. The normalized spacial score (nSPS) is 18.2. The monoisotopic (exact) mass is 284 g/mol. The summed E-state index contributed by atoms with van der Waals surface area (Å²) in [6, 6.07) is 0.553. The number of aliphatic carboxylic acids is 1. The summed E-state index contributed by atoms with van der Waals surface area (Å²) in [6.45, 7) is 4.40. The summed E-state index contributed by atoms with van der Waals surface area (Å²) in [5.41, 5.74) is -0.911. The SMILES string of the molecule is CC(C(=O)O)N1C(=O)C(C)(C)Nc2cc(F)c(F)cc21. The molecule has 5 nitrogen and oxygen atoms in total. The number of hydrogen-bond donors (Lipinski definition) is 2. The average Bonchev–Trinajstić information content (AvgIpc) is 2.33. The number of nitrogens with one attached hydrogen (secondary N) is 1. The number of hydrogen-bond acceptors (Lipinski definition) is 3. The van der Waals surface area contributed by atoms with E-state index in [-0.39, 0.29) is 11.4 Å². The fourth-order valence-corrected chi connectivity index (χ4v) is 2.13. The molecule has 1 aliphatic rings. The third-order valence-electron chi connectivity index (χ3n) is 3.24. The van der Waals surface area contributed by atoms with E-state index in [1.54, 1.807) is 13.8 Å². The lowest BCUT2D eigenvalue weighted by Crippen LogP contribution is -2.58. The van der Waals surface area contributed by atoms with E-state index in [2.05, 4.69) is 5.32 Å². The molecule has 1 heterocycles. The van der Waals surface area contributed by atoms with Gasteiger partial charge in [-0.1, -0.05) is 0 Å². The van der Waals surface area contributed by atoms with Crippen LogP contribution in [-0.4, -0.2) is 28.6 Å². The first-order valence-electron chi connectivity index (χ1n) is 5.99. The van der Waals surface area contributed by atoms with Gasteiger partial charge >= 0.3 is 5.97 Å². The maximum absolute atomic E-state index is 13.4. The summed E-state index contributed by atoms with van der Waals surface area (Å²) >= 11 is 0. The number of carboxylic acid groups (broad SMARTS) is 1. The van der Waals surface area contributed by atoms with E-state index in [9.17, 15) is 18.4 Å². The number of anilines is 2. The zero-order valence-corrected chi connectivity index (χ0v) is 11.2. The molecule has 108 valence electrons. The second-order valence-corrected chi connectivity index (χ2v) is 5.22. The Morgan fingerprint density at radius 2 is 1.90 bits per heavy atom. The van der Waals surface area contributed by atoms with Crippen molar-refractivity contribution in [2.75, 3.05) is 10.2 Å². The molecule has 0 aliphatic carbocycles. The summed E-state index contributed by atoms with van der Waals surface area (Å²) in [6.07, 6.45) is 0. The van der Waals surface area contributed by atoms with Gasteiger partial charge in [0, 0.05) is 12.1 Å². The van der Waals surface area contributed by atoms with Crippen LogP contribution in [0.15, 0.2) is 12.1 Å². The van der Waals surface area contributed by atoms with Gasteiger partial charge in [0.2, 0.25) is 0 Å². The molecule has 0 saturated heterocycles. The highest BCUT2D eigenvalue weighted by Crippen LogP contribution is 2.37. The minimum Gasteiger partial charge on any atom is -0.480 e. The Bertz CT molecular complexity index is 602. The second-order valence-electron chi connectivity index (χ2n) is 5.22. The Labute approximate surface area is 114 Å². The summed E-state index contributed by atoms with van der Waals surface area (Å²) in [7, 11) is 0. The molecule has 7 heteroatoms. The molecule has 1 aromatic carbocycles. The topological polar surface area (TPSA) is 69.6 Å². The lowest BCUT2D eigenvalue weighted by molar-refractivity contribution is -0.140. The second kappa shape index (κ2) is 4.43. The number of carbonyl (C=O) groups is 2. The molecule has 1 aliphatic heterocycles. The molecule has 0 fully saturated rings. The number of halogens is 2. The minimum atomic E-state index is -1.23. The average molecular weight is 284 g/mol. The Morgan fingerprint density at radius 3 is 2.45 bits per heavy atom. The molecule has 1 aromatic rings. The quantitative estimate of drug-likeness (QED) is 0.871.